The summed E-state index contributed by atoms with van der Waals surface area (Å²) in [6.45, 7) is 14.7. The molecule has 4 aromatic heterocycles. The van der Waals surface area contributed by atoms with Gasteiger partial charge in [-0.05, 0) is 76.9 Å². The minimum Gasteiger partial charge on any atom is -0.366 e. The number of anilines is 3. The van der Waals surface area contributed by atoms with E-state index >= 15 is 0 Å². The maximum Gasteiger partial charge on any atom is 0.137 e. The van der Waals surface area contributed by atoms with E-state index in [1.807, 2.05) is 83.4 Å². The van der Waals surface area contributed by atoms with Crippen LogP contribution < -0.4 is 20.9 Å². The largest absolute Gasteiger partial charge is 0.366 e. The lowest BCUT2D eigenvalue weighted by atomic mass is 10.0. The van der Waals surface area contributed by atoms with Gasteiger partial charge in [-0.1, -0.05) is 23.7 Å². The molecular formula is C44H47ClN14. The van der Waals surface area contributed by atoms with Crippen molar-refractivity contribution < 1.29 is 0 Å². The number of hydrogen-bond acceptors (Lipinski definition) is 14. The minimum absolute atomic E-state index is 0.0130. The molecule has 15 heteroatoms. The molecule has 2 aliphatic rings. The summed E-state index contributed by atoms with van der Waals surface area (Å²) >= 11 is 6.15. The first-order chi connectivity index (χ1) is 28.4. The molecule has 6 aromatic rings. The Morgan fingerprint density at radius 2 is 1.14 bits per heavy atom. The molecule has 59 heavy (non-hydrogen) atoms. The van der Waals surface area contributed by atoms with Crippen LogP contribution in [0.15, 0.2) is 73.8 Å². The van der Waals surface area contributed by atoms with Crippen LogP contribution in [0.4, 0.5) is 17.2 Å². The molecule has 2 aliphatic heterocycles. The van der Waals surface area contributed by atoms with Crippen molar-refractivity contribution in [2.24, 2.45) is 5.73 Å². The molecule has 2 atom stereocenters. The number of fused-ring (bicyclic) bond motifs is 2. The number of nitrogens with one attached hydrogen (secondary N) is 1. The topological polar surface area (TPSA) is 195 Å². The van der Waals surface area contributed by atoms with E-state index in [2.05, 4.69) is 74.1 Å². The highest BCUT2D eigenvalue weighted by molar-refractivity contribution is 6.30. The third-order valence-electron chi connectivity index (χ3n) is 10.2. The zero-order chi connectivity index (χ0) is 42.1. The molecule has 0 saturated carbocycles. The molecule has 14 nitrogen and oxygen atoms in total. The SMILES string of the molecule is Cc1ccc(N2CCc3ncnc(Cl)c3C2)c(C#N)c1.Cc1ccc(N2CCc3ncnc(N[C@H](C)c4cnc(C)nc4)c3C2)c(C#N)c1.Cc1ncc([C@@H](C)N)cn1. The molecule has 0 spiro atoms. The van der Waals surface area contributed by atoms with E-state index < -0.39 is 0 Å². The first-order valence-electron chi connectivity index (χ1n) is 19.4. The Bertz CT molecular complexity index is 2480. The molecule has 0 unspecified atom stereocenters. The molecule has 0 amide bonds. The lowest BCUT2D eigenvalue weighted by molar-refractivity contribution is 0.702. The van der Waals surface area contributed by atoms with Gasteiger partial charge in [0, 0.05) is 92.1 Å². The summed E-state index contributed by atoms with van der Waals surface area (Å²) in [6, 6.07) is 16.6. The fourth-order valence-corrected chi connectivity index (χ4v) is 6.98. The molecule has 0 bridgehead atoms. The number of halogens is 1. The van der Waals surface area contributed by atoms with Gasteiger partial charge >= 0.3 is 0 Å². The Morgan fingerprint density at radius 3 is 1.64 bits per heavy atom. The van der Waals surface area contributed by atoms with E-state index in [-0.39, 0.29) is 12.1 Å². The van der Waals surface area contributed by atoms with Crippen LogP contribution in [0, 0.1) is 50.4 Å². The van der Waals surface area contributed by atoms with Crippen LogP contribution in [0.5, 0.6) is 0 Å². The Kier molecular flexibility index (Phi) is 13.7. The first kappa shape index (κ1) is 42.0. The molecule has 2 aromatic carbocycles. The standard InChI is InChI=1S/C22H23N7.C15H13ClN4.C7H11N3/c1-14-4-5-21(17(8-14)9-23)29-7-6-20-19(12-29)22(27-13-26-20)28-15(2)18-10-24-16(3)25-11-18;1-10-2-3-14(11(6-10)7-17)20-5-4-13-12(8-20)15(16)19-9-18-13;1-5(8)7-3-9-6(2)10-4-7/h4-5,8,10-11,13,15H,6-7,12H2,1-3H3,(H,26,27,28);2-3,6,9H,4-5,8H2,1H3;3-5H,8H2,1-2H3/t15-;;5-/m1.1/s1. The lowest BCUT2D eigenvalue weighted by Gasteiger charge is -2.32. The Balaban J connectivity index is 0.000000168. The minimum atomic E-state index is 0.0130. The van der Waals surface area contributed by atoms with Crippen LogP contribution in [-0.2, 0) is 25.9 Å². The highest BCUT2D eigenvalue weighted by Gasteiger charge is 2.25. The summed E-state index contributed by atoms with van der Waals surface area (Å²) in [6.07, 6.45) is 11.9. The summed E-state index contributed by atoms with van der Waals surface area (Å²) in [7, 11) is 0. The van der Waals surface area contributed by atoms with E-state index in [0.717, 1.165) is 99.5 Å². The maximum absolute atomic E-state index is 9.56. The summed E-state index contributed by atoms with van der Waals surface area (Å²) < 4.78 is 0. The van der Waals surface area contributed by atoms with E-state index in [0.29, 0.717) is 29.4 Å². The van der Waals surface area contributed by atoms with Crippen molar-refractivity contribution in [2.75, 3.05) is 28.2 Å². The van der Waals surface area contributed by atoms with Crippen LogP contribution >= 0.6 is 11.6 Å². The molecular weight excluding hydrogens is 760 g/mol. The zero-order valence-corrected chi connectivity index (χ0v) is 34.9. The number of benzene rings is 2. The van der Waals surface area contributed by atoms with Gasteiger partial charge in [0.1, 0.15) is 47.4 Å². The monoisotopic (exact) mass is 806 g/mol. The quantitative estimate of drug-likeness (QED) is 0.161. The van der Waals surface area contributed by atoms with Gasteiger partial charge in [-0.3, -0.25) is 0 Å². The van der Waals surface area contributed by atoms with Gasteiger partial charge in [-0.25, -0.2) is 39.9 Å². The van der Waals surface area contributed by atoms with Crippen LogP contribution in [0.25, 0.3) is 0 Å². The Labute approximate surface area is 350 Å². The maximum atomic E-state index is 9.56. The number of nitrogens with two attached hydrogens (primary N) is 1. The Hall–Kier alpha value is -6.61. The second kappa shape index (κ2) is 19.2. The van der Waals surface area contributed by atoms with Gasteiger partial charge in [0.15, 0.2) is 0 Å². The molecule has 0 aliphatic carbocycles. The second-order valence-corrected chi connectivity index (χ2v) is 15.0. The normalized spacial score (nSPS) is 13.8. The van der Waals surface area contributed by atoms with Crippen molar-refractivity contribution >= 4 is 28.8 Å². The number of nitrogens with zero attached hydrogens (tertiary/aromatic N) is 12. The van der Waals surface area contributed by atoms with Crippen molar-refractivity contribution in [3.63, 3.8) is 0 Å². The van der Waals surface area contributed by atoms with Crippen molar-refractivity contribution in [3.05, 3.63) is 147 Å². The molecule has 6 heterocycles. The first-order valence-corrected chi connectivity index (χ1v) is 19.7. The molecule has 0 fully saturated rings. The van der Waals surface area contributed by atoms with Crippen molar-refractivity contribution in [1.82, 2.24) is 39.9 Å². The second-order valence-electron chi connectivity index (χ2n) is 14.6. The van der Waals surface area contributed by atoms with Crippen LogP contribution in [0.1, 0.15) is 93.5 Å². The number of rotatable bonds is 6. The molecule has 3 N–H and O–H groups in total. The van der Waals surface area contributed by atoms with E-state index in [1.165, 1.54) is 6.33 Å². The van der Waals surface area contributed by atoms with Gasteiger partial charge in [0.2, 0.25) is 0 Å². The summed E-state index contributed by atoms with van der Waals surface area (Å²) in [5.74, 6) is 2.35. The third-order valence-corrected chi connectivity index (χ3v) is 10.5. The summed E-state index contributed by atoms with van der Waals surface area (Å²) in [5.41, 5.74) is 17.1. The molecule has 0 radical (unpaired) electrons. The van der Waals surface area contributed by atoms with E-state index in [4.69, 9.17) is 17.3 Å². The number of aryl methyl sites for hydroxylation is 4. The number of aromatic nitrogens is 8. The number of hydrogen-bond donors (Lipinski definition) is 2. The predicted octanol–water partition coefficient (Wildman–Crippen LogP) is 7.17. The van der Waals surface area contributed by atoms with E-state index in [1.54, 1.807) is 18.7 Å². The fraction of sp³-hybridized carbons (Fsp3) is 0.318. The average molecular weight is 807 g/mol. The fourth-order valence-electron chi connectivity index (χ4n) is 6.77. The molecule has 0 saturated heterocycles. The molecule has 300 valence electrons. The van der Waals surface area contributed by atoms with Crippen LogP contribution in [0.2, 0.25) is 5.15 Å². The zero-order valence-electron chi connectivity index (χ0n) is 34.1. The van der Waals surface area contributed by atoms with Crippen molar-refractivity contribution in [1.29, 1.82) is 10.5 Å². The van der Waals surface area contributed by atoms with Crippen LogP contribution in [0.3, 0.4) is 0 Å². The van der Waals surface area contributed by atoms with Crippen LogP contribution in [-0.4, -0.2) is 53.0 Å². The average Bonchev–Trinajstić information content (AvgIpc) is 3.24. The van der Waals surface area contributed by atoms with E-state index in [9.17, 15) is 10.5 Å². The Morgan fingerprint density at radius 1 is 0.661 bits per heavy atom. The van der Waals surface area contributed by atoms with Gasteiger partial charge in [0.25, 0.3) is 0 Å². The number of nitriles is 2. The van der Waals surface area contributed by atoms with Crippen molar-refractivity contribution in [3.8, 4) is 12.1 Å². The molecule has 8 rings (SSSR count). The lowest BCUT2D eigenvalue weighted by Crippen LogP contribution is -2.32. The van der Waals surface area contributed by atoms with Crippen molar-refractivity contribution in [2.45, 2.75) is 79.6 Å². The summed E-state index contributed by atoms with van der Waals surface area (Å²) in [5, 5.41) is 22.9. The summed E-state index contributed by atoms with van der Waals surface area (Å²) in [4.78, 5) is 38.3. The van der Waals surface area contributed by atoms with Gasteiger partial charge in [-0.15, -0.1) is 0 Å². The van der Waals surface area contributed by atoms with Gasteiger partial charge in [-0.2, -0.15) is 10.5 Å². The van der Waals surface area contributed by atoms with Gasteiger partial charge in [0.05, 0.1) is 39.9 Å². The highest BCUT2D eigenvalue weighted by Crippen LogP contribution is 2.32. The highest BCUT2D eigenvalue weighted by atomic mass is 35.5. The van der Waals surface area contributed by atoms with Gasteiger partial charge < -0.3 is 20.9 Å². The smallest absolute Gasteiger partial charge is 0.137 e. The third kappa shape index (κ3) is 10.5. The predicted molar refractivity (Wildman–Crippen MR) is 229 cm³/mol.